The second-order valence-corrected chi connectivity index (χ2v) is 4.72. The Morgan fingerprint density at radius 2 is 2.23 bits per heavy atom. The van der Waals surface area contributed by atoms with Gasteiger partial charge in [-0.05, 0) is 37.3 Å². The van der Waals surface area contributed by atoms with Gasteiger partial charge in [-0.2, -0.15) is 0 Å². The smallest absolute Gasteiger partial charge is 0.100 e. The average Bonchev–Trinajstić information content (AvgIpc) is 2.59. The molecule has 2 nitrogen and oxygen atoms in total. The molecule has 0 aromatic carbocycles. The standard InChI is InChI=1S/C10H15NOS/c11-6-8(12)10-5-7-3-1-2-4-9(7)13-10/h5,8,12H,1-4,6,11H2/t8-/m0/s1. The summed E-state index contributed by atoms with van der Waals surface area (Å²) in [5.41, 5.74) is 6.86. The Labute approximate surface area is 82.4 Å². The fourth-order valence-electron chi connectivity index (χ4n) is 1.79. The fraction of sp³-hybridized carbons (Fsp3) is 0.600. The van der Waals surface area contributed by atoms with Crippen molar-refractivity contribution in [3.05, 3.63) is 21.4 Å². The van der Waals surface area contributed by atoms with E-state index in [4.69, 9.17) is 5.73 Å². The lowest BCUT2D eigenvalue weighted by molar-refractivity contribution is 0.190. The Hall–Kier alpha value is -0.380. The van der Waals surface area contributed by atoms with Crippen LogP contribution in [0.5, 0.6) is 0 Å². The number of nitrogens with two attached hydrogens (primary N) is 1. The second-order valence-electron chi connectivity index (χ2n) is 3.56. The molecule has 13 heavy (non-hydrogen) atoms. The number of rotatable bonds is 2. The number of hydrogen-bond acceptors (Lipinski definition) is 3. The summed E-state index contributed by atoms with van der Waals surface area (Å²) >= 11 is 1.74. The molecule has 0 spiro atoms. The zero-order chi connectivity index (χ0) is 9.26. The quantitative estimate of drug-likeness (QED) is 0.756. The number of aliphatic hydroxyl groups excluding tert-OH is 1. The minimum atomic E-state index is -0.449. The van der Waals surface area contributed by atoms with Crippen molar-refractivity contribution >= 4 is 11.3 Å². The summed E-state index contributed by atoms with van der Waals surface area (Å²) in [6.07, 6.45) is 4.52. The molecular formula is C10H15NOS. The summed E-state index contributed by atoms with van der Waals surface area (Å²) in [6, 6.07) is 2.14. The molecule has 3 N–H and O–H groups in total. The van der Waals surface area contributed by atoms with E-state index in [1.54, 1.807) is 11.3 Å². The lowest BCUT2D eigenvalue weighted by atomic mass is 9.99. The first-order chi connectivity index (χ1) is 6.31. The number of aliphatic hydroxyl groups is 1. The van der Waals surface area contributed by atoms with Crippen LogP contribution in [0.25, 0.3) is 0 Å². The lowest BCUT2D eigenvalue weighted by Crippen LogP contribution is -2.09. The van der Waals surface area contributed by atoms with Crippen molar-refractivity contribution in [3.8, 4) is 0 Å². The highest BCUT2D eigenvalue weighted by molar-refractivity contribution is 7.12. The maximum Gasteiger partial charge on any atom is 0.100 e. The molecule has 0 unspecified atom stereocenters. The van der Waals surface area contributed by atoms with E-state index in [-0.39, 0.29) is 0 Å². The van der Waals surface area contributed by atoms with E-state index in [9.17, 15) is 5.11 Å². The molecule has 1 atom stereocenters. The Bertz CT molecular complexity index is 272. The molecule has 0 bridgehead atoms. The molecule has 0 amide bonds. The van der Waals surface area contributed by atoms with Gasteiger partial charge < -0.3 is 10.8 Å². The van der Waals surface area contributed by atoms with E-state index in [2.05, 4.69) is 6.07 Å². The van der Waals surface area contributed by atoms with Crippen molar-refractivity contribution in [1.82, 2.24) is 0 Å². The summed E-state index contributed by atoms with van der Waals surface area (Å²) in [6.45, 7) is 0.333. The molecule has 0 saturated heterocycles. The minimum Gasteiger partial charge on any atom is -0.386 e. The van der Waals surface area contributed by atoms with Gasteiger partial charge in [0.2, 0.25) is 0 Å². The predicted molar refractivity (Wildman–Crippen MR) is 55.0 cm³/mol. The highest BCUT2D eigenvalue weighted by atomic mass is 32.1. The van der Waals surface area contributed by atoms with Gasteiger partial charge in [0.05, 0.1) is 0 Å². The molecule has 0 aliphatic heterocycles. The van der Waals surface area contributed by atoms with Gasteiger partial charge >= 0.3 is 0 Å². The topological polar surface area (TPSA) is 46.2 Å². The van der Waals surface area contributed by atoms with Crippen LogP contribution in [0.1, 0.15) is 34.3 Å². The van der Waals surface area contributed by atoms with E-state index >= 15 is 0 Å². The normalized spacial score (nSPS) is 18.3. The van der Waals surface area contributed by atoms with Crippen LogP contribution in [-0.4, -0.2) is 11.7 Å². The highest BCUT2D eigenvalue weighted by Crippen LogP contribution is 2.32. The van der Waals surface area contributed by atoms with E-state index in [1.165, 1.54) is 36.1 Å². The van der Waals surface area contributed by atoms with Crippen LogP contribution in [0.2, 0.25) is 0 Å². The lowest BCUT2D eigenvalue weighted by Gasteiger charge is -2.08. The Balaban J connectivity index is 2.25. The van der Waals surface area contributed by atoms with Crippen LogP contribution in [0.3, 0.4) is 0 Å². The minimum absolute atomic E-state index is 0.333. The molecule has 72 valence electrons. The van der Waals surface area contributed by atoms with Gasteiger partial charge in [0.25, 0.3) is 0 Å². The maximum atomic E-state index is 9.56. The Kier molecular flexibility index (Phi) is 2.67. The molecule has 0 fully saturated rings. The largest absolute Gasteiger partial charge is 0.386 e. The zero-order valence-corrected chi connectivity index (χ0v) is 8.44. The number of hydrogen-bond donors (Lipinski definition) is 2. The molecule has 2 rings (SSSR count). The van der Waals surface area contributed by atoms with Gasteiger partial charge in [0.15, 0.2) is 0 Å². The van der Waals surface area contributed by atoms with Crippen molar-refractivity contribution in [2.24, 2.45) is 5.73 Å². The molecule has 1 aliphatic carbocycles. The number of fused-ring (bicyclic) bond motifs is 1. The van der Waals surface area contributed by atoms with Crippen LogP contribution in [-0.2, 0) is 12.8 Å². The van der Waals surface area contributed by atoms with Crippen LogP contribution in [0, 0.1) is 0 Å². The first kappa shape index (κ1) is 9.19. The van der Waals surface area contributed by atoms with Gasteiger partial charge in [-0.3, -0.25) is 0 Å². The van der Waals surface area contributed by atoms with Crippen molar-refractivity contribution in [2.45, 2.75) is 31.8 Å². The van der Waals surface area contributed by atoms with Crippen molar-refractivity contribution < 1.29 is 5.11 Å². The van der Waals surface area contributed by atoms with Gasteiger partial charge in [-0.25, -0.2) is 0 Å². The van der Waals surface area contributed by atoms with E-state index < -0.39 is 6.10 Å². The van der Waals surface area contributed by atoms with Crippen LogP contribution in [0.4, 0.5) is 0 Å². The Morgan fingerprint density at radius 1 is 1.46 bits per heavy atom. The molecule has 1 aliphatic rings. The summed E-state index contributed by atoms with van der Waals surface area (Å²) in [7, 11) is 0. The molecular weight excluding hydrogens is 182 g/mol. The first-order valence-electron chi connectivity index (χ1n) is 4.81. The van der Waals surface area contributed by atoms with Crippen LogP contribution in [0.15, 0.2) is 6.07 Å². The molecule has 1 aromatic rings. The third-order valence-corrected chi connectivity index (χ3v) is 3.91. The Morgan fingerprint density at radius 3 is 2.92 bits per heavy atom. The monoisotopic (exact) mass is 197 g/mol. The number of aryl methyl sites for hydroxylation is 2. The van der Waals surface area contributed by atoms with Gasteiger partial charge in [-0.15, -0.1) is 11.3 Å². The third-order valence-electron chi connectivity index (χ3n) is 2.57. The van der Waals surface area contributed by atoms with Crippen LogP contribution < -0.4 is 5.73 Å². The van der Waals surface area contributed by atoms with Crippen molar-refractivity contribution in [1.29, 1.82) is 0 Å². The number of thiophene rings is 1. The first-order valence-corrected chi connectivity index (χ1v) is 5.62. The predicted octanol–water partition coefficient (Wildman–Crippen LogP) is 1.62. The summed E-state index contributed by atoms with van der Waals surface area (Å²) < 4.78 is 0. The fourth-order valence-corrected chi connectivity index (χ4v) is 3.05. The second kappa shape index (κ2) is 3.78. The highest BCUT2D eigenvalue weighted by Gasteiger charge is 2.16. The van der Waals surface area contributed by atoms with E-state index in [1.807, 2.05) is 0 Å². The molecule has 3 heteroatoms. The summed E-state index contributed by atoms with van der Waals surface area (Å²) in [4.78, 5) is 2.52. The van der Waals surface area contributed by atoms with Crippen molar-refractivity contribution in [3.63, 3.8) is 0 Å². The van der Waals surface area contributed by atoms with Gasteiger partial charge in [0.1, 0.15) is 6.10 Å². The van der Waals surface area contributed by atoms with Gasteiger partial charge in [0, 0.05) is 16.3 Å². The van der Waals surface area contributed by atoms with Gasteiger partial charge in [-0.1, -0.05) is 0 Å². The summed E-state index contributed by atoms with van der Waals surface area (Å²) in [5, 5.41) is 9.56. The molecule has 0 saturated carbocycles. The molecule has 1 aromatic heterocycles. The SMILES string of the molecule is NC[C@H](O)c1cc2c(s1)CCCC2. The van der Waals surface area contributed by atoms with Crippen molar-refractivity contribution in [2.75, 3.05) is 6.54 Å². The van der Waals surface area contributed by atoms with E-state index in [0.29, 0.717) is 6.54 Å². The van der Waals surface area contributed by atoms with Crippen LogP contribution >= 0.6 is 11.3 Å². The zero-order valence-electron chi connectivity index (χ0n) is 7.62. The average molecular weight is 197 g/mol. The van der Waals surface area contributed by atoms with E-state index in [0.717, 1.165) is 4.88 Å². The summed E-state index contributed by atoms with van der Waals surface area (Å²) in [5.74, 6) is 0. The third kappa shape index (κ3) is 1.77. The molecule has 1 heterocycles. The maximum absolute atomic E-state index is 9.56. The molecule has 0 radical (unpaired) electrons.